The van der Waals surface area contributed by atoms with Crippen molar-refractivity contribution in [3.8, 4) is 0 Å². The van der Waals surface area contributed by atoms with E-state index < -0.39 is 12.0 Å². The van der Waals surface area contributed by atoms with E-state index in [0.717, 1.165) is 49.9 Å². The number of aliphatic hydroxyl groups excluding tert-OH is 1. The molecule has 0 saturated carbocycles. The number of hydrogen-bond donors (Lipinski definition) is 2. The first kappa shape index (κ1) is 16.0. The van der Waals surface area contributed by atoms with Gasteiger partial charge in [0.1, 0.15) is 6.04 Å². The standard InChI is InChI=1S/C17H25NO3/c19-13-5-6-14-7-9-15(10-8-14)16(17(20)21)18-11-3-1-2-4-12-18/h7-10,16,19H,1-6,11-13H2,(H,20,21)/t16-/m0/s1. The minimum atomic E-state index is -0.764. The molecule has 1 heterocycles. The molecule has 1 fully saturated rings. The minimum absolute atomic E-state index is 0.188. The summed E-state index contributed by atoms with van der Waals surface area (Å²) in [4.78, 5) is 13.8. The molecule has 0 amide bonds. The highest BCUT2D eigenvalue weighted by Gasteiger charge is 2.27. The van der Waals surface area contributed by atoms with Crippen LogP contribution in [0.25, 0.3) is 0 Å². The number of hydrogen-bond acceptors (Lipinski definition) is 3. The monoisotopic (exact) mass is 291 g/mol. The Hall–Kier alpha value is -1.39. The first-order chi connectivity index (χ1) is 10.2. The molecule has 0 aromatic heterocycles. The molecule has 2 rings (SSSR count). The van der Waals surface area contributed by atoms with Crippen molar-refractivity contribution in [3.63, 3.8) is 0 Å². The van der Waals surface area contributed by atoms with Crippen LogP contribution < -0.4 is 0 Å². The number of likely N-dealkylation sites (tertiary alicyclic amines) is 1. The van der Waals surface area contributed by atoms with Gasteiger partial charge in [-0.25, -0.2) is 0 Å². The smallest absolute Gasteiger partial charge is 0.325 e. The fraction of sp³-hybridized carbons (Fsp3) is 0.588. The predicted molar refractivity (Wildman–Crippen MR) is 82.3 cm³/mol. The zero-order valence-corrected chi connectivity index (χ0v) is 12.5. The van der Waals surface area contributed by atoms with Gasteiger partial charge in [-0.3, -0.25) is 9.69 Å². The number of nitrogens with zero attached hydrogens (tertiary/aromatic N) is 1. The Labute approximate surface area is 126 Å². The number of aliphatic hydroxyl groups is 1. The third kappa shape index (κ3) is 4.55. The number of carboxylic acid groups (broad SMARTS) is 1. The summed E-state index contributed by atoms with van der Waals surface area (Å²) < 4.78 is 0. The molecular formula is C17H25NO3. The van der Waals surface area contributed by atoms with E-state index in [1.165, 1.54) is 12.8 Å². The second-order valence-electron chi connectivity index (χ2n) is 5.76. The first-order valence-corrected chi connectivity index (χ1v) is 7.89. The molecule has 4 heteroatoms. The number of rotatable bonds is 6. The van der Waals surface area contributed by atoms with E-state index in [0.29, 0.717) is 0 Å². The second kappa shape index (κ2) is 8.15. The fourth-order valence-electron chi connectivity index (χ4n) is 3.01. The molecule has 1 saturated heterocycles. The van der Waals surface area contributed by atoms with Gasteiger partial charge in [0.05, 0.1) is 0 Å². The normalized spacial score (nSPS) is 18.1. The molecule has 4 nitrogen and oxygen atoms in total. The van der Waals surface area contributed by atoms with Crippen LogP contribution in [0.2, 0.25) is 0 Å². The summed E-state index contributed by atoms with van der Waals surface area (Å²) >= 11 is 0. The van der Waals surface area contributed by atoms with Crippen molar-refractivity contribution in [2.45, 2.75) is 44.6 Å². The summed E-state index contributed by atoms with van der Waals surface area (Å²) in [5, 5.41) is 18.5. The Morgan fingerprint density at radius 3 is 2.24 bits per heavy atom. The van der Waals surface area contributed by atoms with E-state index >= 15 is 0 Å². The summed E-state index contributed by atoms with van der Waals surface area (Å²) in [6.45, 7) is 1.92. The molecule has 1 aromatic rings. The van der Waals surface area contributed by atoms with Gasteiger partial charge < -0.3 is 10.2 Å². The molecule has 21 heavy (non-hydrogen) atoms. The number of aliphatic carboxylic acids is 1. The van der Waals surface area contributed by atoms with E-state index in [4.69, 9.17) is 5.11 Å². The van der Waals surface area contributed by atoms with Crippen LogP contribution in [0.1, 0.15) is 49.3 Å². The number of benzene rings is 1. The first-order valence-electron chi connectivity index (χ1n) is 7.89. The van der Waals surface area contributed by atoms with Crippen LogP contribution in [0.15, 0.2) is 24.3 Å². The molecule has 0 aliphatic carbocycles. The van der Waals surface area contributed by atoms with Crippen molar-refractivity contribution in [1.82, 2.24) is 4.90 Å². The highest BCUT2D eigenvalue weighted by Crippen LogP contribution is 2.25. The summed E-state index contributed by atoms with van der Waals surface area (Å²) in [5.74, 6) is -0.764. The number of carboxylic acids is 1. The second-order valence-corrected chi connectivity index (χ2v) is 5.76. The summed E-state index contributed by atoms with van der Waals surface area (Å²) in [6, 6.07) is 7.29. The summed E-state index contributed by atoms with van der Waals surface area (Å²) in [6.07, 6.45) is 6.13. The third-order valence-corrected chi connectivity index (χ3v) is 4.16. The fourth-order valence-corrected chi connectivity index (χ4v) is 3.01. The lowest BCUT2D eigenvalue weighted by Gasteiger charge is -2.27. The zero-order valence-electron chi connectivity index (χ0n) is 12.5. The predicted octanol–water partition coefficient (Wildman–Crippen LogP) is 2.61. The van der Waals surface area contributed by atoms with Crippen molar-refractivity contribution < 1.29 is 15.0 Å². The lowest BCUT2D eigenvalue weighted by Crippen LogP contribution is -2.34. The lowest BCUT2D eigenvalue weighted by atomic mass is 10.0. The lowest BCUT2D eigenvalue weighted by molar-refractivity contribution is -0.143. The molecule has 2 N–H and O–H groups in total. The van der Waals surface area contributed by atoms with Gasteiger partial charge in [-0.2, -0.15) is 0 Å². The van der Waals surface area contributed by atoms with E-state index in [9.17, 15) is 9.90 Å². The quantitative estimate of drug-likeness (QED) is 0.846. The molecule has 1 aromatic carbocycles. The molecule has 0 spiro atoms. The van der Waals surface area contributed by atoms with Crippen LogP contribution in [0.4, 0.5) is 0 Å². The van der Waals surface area contributed by atoms with Gasteiger partial charge in [0.2, 0.25) is 0 Å². The Bertz CT molecular complexity index is 436. The molecule has 0 unspecified atom stereocenters. The van der Waals surface area contributed by atoms with Gasteiger partial charge in [0.15, 0.2) is 0 Å². The minimum Gasteiger partial charge on any atom is -0.480 e. The van der Waals surface area contributed by atoms with Crippen molar-refractivity contribution >= 4 is 5.97 Å². The van der Waals surface area contributed by atoms with Crippen LogP contribution >= 0.6 is 0 Å². The Balaban J connectivity index is 2.11. The molecule has 0 radical (unpaired) electrons. The van der Waals surface area contributed by atoms with Gasteiger partial charge in [-0.15, -0.1) is 0 Å². The van der Waals surface area contributed by atoms with Gasteiger partial charge in [0.25, 0.3) is 0 Å². The molecule has 1 aliphatic heterocycles. The van der Waals surface area contributed by atoms with Crippen LogP contribution in [0, 0.1) is 0 Å². The van der Waals surface area contributed by atoms with E-state index in [1.54, 1.807) is 0 Å². The largest absolute Gasteiger partial charge is 0.480 e. The maximum absolute atomic E-state index is 11.7. The third-order valence-electron chi connectivity index (χ3n) is 4.16. The highest BCUT2D eigenvalue weighted by molar-refractivity contribution is 5.75. The molecule has 1 atom stereocenters. The molecular weight excluding hydrogens is 266 g/mol. The Morgan fingerprint density at radius 1 is 1.10 bits per heavy atom. The topological polar surface area (TPSA) is 60.8 Å². The maximum atomic E-state index is 11.7. The molecule has 116 valence electrons. The average Bonchev–Trinajstić information content (AvgIpc) is 2.75. The summed E-state index contributed by atoms with van der Waals surface area (Å²) in [5.41, 5.74) is 2.00. The van der Waals surface area contributed by atoms with Crippen molar-refractivity contribution in [3.05, 3.63) is 35.4 Å². The van der Waals surface area contributed by atoms with Crippen LogP contribution in [-0.4, -0.2) is 40.8 Å². The van der Waals surface area contributed by atoms with Crippen LogP contribution in [-0.2, 0) is 11.2 Å². The van der Waals surface area contributed by atoms with Crippen molar-refractivity contribution in [1.29, 1.82) is 0 Å². The van der Waals surface area contributed by atoms with Gasteiger partial charge >= 0.3 is 5.97 Å². The van der Waals surface area contributed by atoms with Gasteiger partial charge in [-0.05, 0) is 49.9 Å². The van der Waals surface area contributed by atoms with Gasteiger partial charge in [0, 0.05) is 6.61 Å². The number of carbonyl (C=O) groups is 1. The number of aryl methyl sites for hydroxylation is 1. The van der Waals surface area contributed by atoms with E-state index in [2.05, 4.69) is 4.90 Å². The Kier molecular flexibility index (Phi) is 6.21. The molecule has 0 bridgehead atoms. The van der Waals surface area contributed by atoms with Gasteiger partial charge in [-0.1, -0.05) is 37.1 Å². The summed E-state index contributed by atoms with van der Waals surface area (Å²) in [7, 11) is 0. The zero-order chi connectivity index (χ0) is 15.1. The highest BCUT2D eigenvalue weighted by atomic mass is 16.4. The van der Waals surface area contributed by atoms with Crippen molar-refractivity contribution in [2.75, 3.05) is 19.7 Å². The van der Waals surface area contributed by atoms with Crippen molar-refractivity contribution in [2.24, 2.45) is 0 Å². The average molecular weight is 291 g/mol. The molecule has 1 aliphatic rings. The van der Waals surface area contributed by atoms with E-state index in [1.807, 2.05) is 24.3 Å². The van der Waals surface area contributed by atoms with Crippen LogP contribution in [0.5, 0.6) is 0 Å². The maximum Gasteiger partial charge on any atom is 0.325 e. The van der Waals surface area contributed by atoms with Crippen LogP contribution in [0.3, 0.4) is 0 Å². The SMILES string of the molecule is O=C(O)[C@H](c1ccc(CCCO)cc1)N1CCCCCC1. The van der Waals surface area contributed by atoms with E-state index in [-0.39, 0.29) is 6.61 Å². The Morgan fingerprint density at radius 2 is 1.71 bits per heavy atom.